The number of carboxylic acid groups (broad SMARTS) is 1. The van der Waals surface area contributed by atoms with E-state index in [2.05, 4.69) is 20.7 Å². The summed E-state index contributed by atoms with van der Waals surface area (Å²) in [5.74, 6) is -1.64. The molecule has 2 amide bonds. The highest BCUT2D eigenvalue weighted by Gasteiger charge is 2.38. The summed E-state index contributed by atoms with van der Waals surface area (Å²) in [4.78, 5) is 29.3. The van der Waals surface area contributed by atoms with Crippen LogP contribution < -0.4 is 20.5 Å². The molecule has 178 valence electrons. The molecule has 33 heavy (non-hydrogen) atoms. The first-order chi connectivity index (χ1) is 15.2. The number of hydrogen-bond donors (Lipinski definition) is 3. The highest BCUT2D eigenvalue weighted by Crippen LogP contribution is 2.19. The molecule has 3 N–H and O–H groups in total. The molecule has 0 fully saturated rings. The number of nitriles is 1. The SMILES string of the molecule is COc1cccc(NC(=O)NN(CC(C)(C)C)c2ccnc(C#N)n2)c1.O=C(O)C(F)(F)F. The van der Waals surface area contributed by atoms with E-state index in [1.165, 1.54) is 6.20 Å². The molecule has 2 rings (SSSR count). The van der Waals surface area contributed by atoms with E-state index < -0.39 is 18.2 Å². The first-order valence-electron chi connectivity index (χ1n) is 9.27. The number of alkyl halides is 3. The Kier molecular flexibility index (Phi) is 9.40. The number of halogens is 3. The number of anilines is 2. The Morgan fingerprint density at radius 1 is 1.24 bits per heavy atom. The fourth-order valence-corrected chi connectivity index (χ4v) is 2.19. The second kappa shape index (κ2) is 11.5. The van der Waals surface area contributed by atoms with Gasteiger partial charge in [0.25, 0.3) is 0 Å². The molecule has 1 heterocycles. The largest absolute Gasteiger partial charge is 0.497 e. The second-order valence-electron chi connectivity index (χ2n) is 7.60. The number of rotatable bonds is 5. The van der Waals surface area contributed by atoms with E-state index in [0.717, 1.165) is 0 Å². The number of hydrazine groups is 1. The molecule has 0 atom stereocenters. The van der Waals surface area contributed by atoms with Gasteiger partial charge in [0.15, 0.2) is 5.82 Å². The molecule has 0 unspecified atom stereocenters. The lowest BCUT2D eigenvalue weighted by Gasteiger charge is -2.30. The maximum atomic E-state index is 12.4. The number of methoxy groups -OCH3 is 1. The molecule has 2 aromatic rings. The molecule has 0 saturated heterocycles. The Morgan fingerprint density at radius 2 is 1.88 bits per heavy atom. The third-order valence-electron chi connectivity index (χ3n) is 3.46. The minimum Gasteiger partial charge on any atom is -0.497 e. The van der Waals surface area contributed by atoms with Crippen LogP contribution in [0.15, 0.2) is 36.5 Å². The van der Waals surface area contributed by atoms with Gasteiger partial charge in [-0.1, -0.05) is 26.8 Å². The van der Waals surface area contributed by atoms with Crippen molar-refractivity contribution in [2.45, 2.75) is 26.9 Å². The Hall–Kier alpha value is -4.08. The first-order valence-corrected chi connectivity index (χ1v) is 9.27. The highest BCUT2D eigenvalue weighted by molar-refractivity contribution is 5.90. The van der Waals surface area contributed by atoms with E-state index in [-0.39, 0.29) is 11.2 Å². The Morgan fingerprint density at radius 3 is 2.39 bits per heavy atom. The van der Waals surface area contributed by atoms with Crippen LogP contribution >= 0.6 is 0 Å². The van der Waals surface area contributed by atoms with Gasteiger partial charge in [-0.3, -0.25) is 5.01 Å². The number of carbonyl (C=O) groups excluding carboxylic acids is 1. The number of aromatic nitrogens is 2. The third kappa shape index (κ3) is 10.2. The van der Waals surface area contributed by atoms with Crippen molar-refractivity contribution in [3.05, 3.63) is 42.4 Å². The van der Waals surface area contributed by atoms with Gasteiger partial charge in [-0.15, -0.1) is 0 Å². The minimum absolute atomic E-state index is 0.0383. The predicted octanol–water partition coefficient (Wildman–Crippen LogP) is 3.58. The van der Waals surface area contributed by atoms with E-state index >= 15 is 0 Å². The summed E-state index contributed by atoms with van der Waals surface area (Å²) in [5, 5.41) is 20.5. The van der Waals surface area contributed by atoms with E-state index in [1.54, 1.807) is 42.5 Å². The topological polar surface area (TPSA) is 140 Å². The van der Waals surface area contributed by atoms with Crippen LogP contribution in [0.4, 0.5) is 29.5 Å². The Bertz CT molecular complexity index is 1000. The summed E-state index contributed by atoms with van der Waals surface area (Å²) >= 11 is 0. The first kappa shape index (κ1) is 27.0. The average molecular weight is 468 g/mol. The average Bonchev–Trinajstić information content (AvgIpc) is 2.72. The van der Waals surface area contributed by atoms with E-state index in [9.17, 15) is 18.0 Å². The number of carboxylic acids is 1. The molecule has 0 bridgehead atoms. The van der Waals surface area contributed by atoms with Gasteiger partial charge in [0.2, 0.25) is 5.82 Å². The smallest absolute Gasteiger partial charge is 0.490 e. The molecule has 0 aliphatic rings. The minimum atomic E-state index is -5.08. The lowest BCUT2D eigenvalue weighted by Crippen LogP contribution is -2.48. The number of carbonyl (C=O) groups is 2. The van der Waals surface area contributed by atoms with Gasteiger partial charge in [-0.05, 0) is 17.5 Å². The van der Waals surface area contributed by atoms with Crippen molar-refractivity contribution in [3.8, 4) is 11.8 Å². The van der Waals surface area contributed by atoms with E-state index in [1.807, 2.05) is 26.8 Å². The molecule has 0 aliphatic heterocycles. The van der Waals surface area contributed by atoms with Crippen LogP contribution in [0.1, 0.15) is 26.6 Å². The van der Waals surface area contributed by atoms with Gasteiger partial charge in [0.1, 0.15) is 11.8 Å². The fraction of sp³-hybridized carbons (Fsp3) is 0.350. The maximum absolute atomic E-state index is 12.4. The van der Waals surface area contributed by atoms with Crippen LogP contribution in [0, 0.1) is 16.7 Å². The van der Waals surface area contributed by atoms with Gasteiger partial charge < -0.3 is 15.2 Å². The molecular formula is C20H23F3N6O4. The van der Waals surface area contributed by atoms with Crippen molar-refractivity contribution in [2.24, 2.45) is 5.41 Å². The highest BCUT2D eigenvalue weighted by atomic mass is 19.4. The van der Waals surface area contributed by atoms with Crippen LogP contribution in [0.2, 0.25) is 0 Å². The van der Waals surface area contributed by atoms with Gasteiger partial charge in [0, 0.05) is 30.6 Å². The normalized spacial score (nSPS) is 10.7. The molecular weight excluding hydrogens is 445 g/mol. The van der Waals surface area contributed by atoms with Crippen molar-refractivity contribution < 1.29 is 32.6 Å². The number of hydrogen-bond acceptors (Lipinski definition) is 7. The number of urea groups is 1. The van der Waals surface area contributed by atoms with E-state index in [0.29, 0.717) is 23.8 Å². The van der Waals surface area contributed by atoms with Crippen LogP contribution in [-0.2, 0) is 4.79 Å². The third-order valence-corrected chi connectivity index (χ3v) is 3.46. The summed E-state index contributed by atoms with van der Waals surface area (Å²) in [7, 11) is 1.56. The summed E-state index contributed by atoms with van der Waals surface area (Å²) in [5.41, 5.74) is 3.24. The molecule has 0 aliphatic carbocycles. The number of nitrogens with zero attached hydrogens (tertiary/aromatic N) is 4. The van der Waals surface area contributed by atoms with Crippen LogP contribution in [0.5, 0.6) is 5.75 Å². The quantitative estimate of drug-likeness (QED) is 0.566. The zero-order chi connectivity index (χ0) is 25.2. The summed E-state index contributed by atoms with van der Waals surface area (Å²) < 4.78 is 36.9. The van der Waals surface area contributed by atoms with E-state index in [4.69, 9.17) is 19.9 Å². The molecule has 0 spiro atoms. The Balaban J connectivity index is 0.000000675. The second-order valence-corrected chi connectivity index (χ2v) is 7.60. The summed E-state index contributed by atoms with van der Waals surface area (Å²) in [6, 6.07) is 10.2. The molecule has 0 saturated carbocycles. The number of benzene rings is 1. The van der Waals surface area contributed by atoms with Crippen molar-refractivity contribution in [1.82, 2.24) is 15.4 Å². The number of amides is 2. The van der Waals surface area contributed by atoms with Crippen LogP contribution in [0.25, 0.3) is 0 Å². The monoisotopic (exact) mass is 468 g/mol. The zero-order valence-corrected chi connectivity index (χ0v) is 18.3. The zero-order valence-electron chi connectivity index (χ0n) is 18.3. The molecule has 1 aromatic heterocycles. The lowest BCUT2D eigenvalue weighted by molar-refractivity contribution is -0.192. The lowest BCUT2D eigenvalue weighted by atomic mass is 9.97. The van der Waals surface area contributed by atoms with Crippen LogP contribution in [0.3, 0.4) is 0 Å². The van der Waals surface area contributed by atoms with Gasteiger partial charge in [-0.2, -0.15) is 23.4 Å². The van der Waals surface area contributed by atoms with Crippen molar-refractivity contribution in [2.75, 3.05) is 24.0 Å². The van der Waals surface area contributed by atoms with Crippen molar-refractivity contribution in [3.63, 3.8) is 0 Å². The van der Waals surface area contributed by atoms with Gasteiger partial charge in [-0.25, -0.2) is 20.0 Å². The van der Waals surface area contributed by atoms with Crippen molar-refractivity contribution >= 4 is 23.5 Å². The summed E-state index contributed by atoms with van der Waals surface area (Å²) in [6.45, 7) is 6.59. The summed E-state index contributed by atoms with van der Waals surface area (Å²) in [6.07, 6.45) is -3.60. The number of ether oxygens (including phenoxy) is 1. The predicted molar refractivity (Wildman–Crippen MR) is 112 cm³/mol. The van der Waals surface area contributed by atoms with Crippen LogP contribution in [-0.4, -0.2) is 46.9 Å². The van der Waals surface area contributed by atoms with Crippen molar-refractivity contribution in [1.29, 1.82) is 5.26 Å². The number of nitrogens with one attached hydrogen (secondary N) is 2. The number of aliphatic carboxylic acids is 1. The molecule has 1 aromatic carbocycles. The molecule has 0 radical (unpaired) electrons. The standard InChI is InChI=1S/C18H22N6O2.C2HF3O2/c1-18(2,3)12-24(16-8-9-20-15(11-19)22-16)23-17(25)21-13-6-5-7-14(10-13)26-4;3-2(4,5)1(6)7/h5-10H,12H2,1-4H3,(H2,21,23,25);(H,6,7). The molecule has 10 nitrogen and oxygen atoms in total. The molecule has 13 heteroatoms. The Labute approximate surface area is 188 Å². The maximum Gasteiger partial charge on any atom is 0.490 e. The van der Waals surface area contributed by atoms with Gasteiger partial charge in [0.05, 0.1) is 7.11 Å². The van der Waals surface area contributed by atoms with Gasteiger partial charge >= 0.3 is 18.2 Å². The fourth-order valence-electron chi connectivity index (χ4n) is 2.19.